The molecule has 3 fully saturated rings. The zero-order valence-corrected chi connectivity index (χ0v) is 12.0. The summed E-state index contributed by atoms with van der Waals surface area (Å²) in [7, 11) is 0. The Bertz CT molecular complexity index is 304. The molecular formula is C15H27NO3. The van der Waals surface area contributed by atoms with Gasteiger partial charge < -0.3 is 14.6 Å². The summed E-state index contributed by atoms with van der Waals surface area (Å²) in [6, 6.07) is 0.849. The fourth-order valence-corrected chi connectivity index (χ4v) is 4.11. The Hall–Kier alpha value is -0.160. The molecule has 0 radical (unpaired) electrons. The first-order chi connectivity index (χ1) is 9.24. The minimum Gasteiger partial charge on any atom is -0.391 e. The minimum absolute atomic E-state index is 0.217. The van der Waals surface area contributed by atoms with Gasteiger partial charge >= 0.3 is 0 Å². The number of aliphatic hydroxyl groups excluding tert-OH is 1. The first-order valence-electron chi connectivity index (χ1n) is 7.96. The van der Waals surface area contributed by atoms with Crippen molar-refractivity contribution in [2.24, 2.45) is 0 Å². The summed E-state index contributed by atoms with van der Waals surface area (Å²) in [6.45, 7) is 4.80. The second-order valence-corrected chi connectivity index (χ2v) is 6.28. The van der Waals surface area contributed by atoms with Crippen LogP contribution in [0, 0.1) is 0 Å². The molecule has 3 aliphatic rings. The van der Waals surface area contributed by atoms with Crippen LogP contribution >= 0.6 is 0 Å². The Morgan fingerprint density at radius 3 is 2.74 bits per heavy atom. The minimum atomic E-state index is -0.389. The average molecular weight is 269 g/mol. The zero-order valence-electron chi connectivity index (χ0n) is 12.0. The van der Waals surface area contributed by atoms with Gasteiger partial charge in [0.15, 0.2) is 5.79 Å². The van der Waals surface area contributed by atoms with E-state index >= 15 is 0 Å². The lowest BCUT2D eigenvalue weighted by Crippen LogP contribution is -2.57. The Balaban J connectivity index is 1.73. The molecule has 19 heavy (non-hydrogen) atoms. The monoisotopic (exact) mass is 269 g/mol. The molecule has 0 aromatic heterocycles. The summed E-state index contributed by atoms with van der Waals surface area (Å²) in [6.07, 6.45) is 7.31. The van der Waals surface area contributed by atoms with Crippen molar-refractivity contribution in [2.75, 3.05) is 19.8 Å². The van der Waals surface area contributed by atoms with Crippen LogP contribution in [0.15, 0.2) is 0 Å². The molecule has 0 amide bonds. The molecule has 1 aliphatic carbocycles. The Kier molecular flexibility index (Phi) is 4.13. The van der Waals surface area contributed by atoms with E-state index in [0.717, 1.165) is 25.8 Å². The van der Waals surface area contributed by atoms with E-state index in [0.29, 0.717) is 19.3 Å². The highest BCUT2D eigenvalue weighted by Crippen LogP contribution is 2.39. The highest BCUT2D eigenvalue weighted by Gasteiger charge is 2.47. The smallest absolute Gasteiger partial charge is 0.170 e. The van der Waals surface area contributed by atoms with Crippen LogP contribution in [0.25, 0.3) is 0 Å². The molecule has 1 N–H and O–H groups in total. The molecule has 0 bridgehead atoms. The van der Waals surface area contributed by atoms with Crippen molar-refractivity contribution < 1.29 is 14.6 Å². The highest BCUT2D eigenvalue weighted by molar-refractivity contribution is 4.95. The van der Waals surface area contributed by atoms with Crippen LogP contribution in [0.1, 0.15) is 51.9 Å². The lowest BCUT2D eigenvalue weighted by atomic mass is 9.84. The van der Waals surface area contributed by atoms with Crippen LogP contribution < -0.4 is 0 Å². The highest BCUT2D eigenvalue weighted by atomic mass is 16.7. The van der Waals surface area contributed by atoms with Crippen molar-refractivity contribution in [3.05, 3.63) is 0 Å². The number of likely N-dealkylation sites (tertiary alicyclic amines) is 1. The van der Waals surface area contributed by atoms with E-state index in [-0.39, 0.29) is 17.9 Å². The first kappa shape index (κ1) is 13.8. The first-order valence-corrected chi connectivity index (χ1v) is 7.96. The molecule has 2 saturated heterocycles. The van der Waals surface area contributed by atoms with Gasteiger partial charge in [0.2, 0.25) is 0 Å². The van der Waals surface area contributed by atoms with Gasteiger partial charge in [0, 0.05) is 24.9 Å². The van der Waals surface area contributed by atoms with Gasteiger partial charge in [0.25, 0.3) is 0 Å². The molecule has 0 aromatic carbocycles. The van der Waals surface area contributed by atoms with Gasteiger partial charge in [-0.3, -0.25) is 4.90 Å². The van der Waals surface area contributed by atoms with Gasteiger partial charge in [-0.2, -0.15) is 0 Å². The van der Waals surface area contributed by atoms with Crippen LogP contribution in [0.2, 0.25) is 0 Å². The third-order valence-corrected chi connectivity index (χ3v) is 5.17. The standard InChI is InChI=1S/C15H27NO3/c1-2-12-5-3-4-8-16(12)13-11-15(7-6-14(13)17)18-9-10-19-15/h12-14,17H,2-11H2,1H3. The molecule has 3 unspecified atom stereocenters. The van der Waals surface area contributed by atoms with Crippen molar-refractivity contribution in [3.63, 3.8) is 0 Å². The van der Waals surface area contributed by atoms with Gasteiger partial charge in [-0.25, -0.2) is 0 Å². The van der Waals surface area contributed by atoms with Crippen molar-refractivity contribution in [1.29, 1.82) is 0 Å². The molecular weight excluding hydrogens is 242 g/mol. The third kappa shape index (κ3) is 2.68. The number of hydrogen-bond acceptors (Lipinski definition) is 4. The molecule has 4 heteroatoms. The molecule has 4 nitrogen and oxygen atoms in total. The average Bonchev–Trinajstić information content (AvgIpc) is 2.90. The van der Waals surface area contributed by atoms with E-state index in [1.165, 1.54) is 25.7 Å². The fourth-order valence-electron chi connectivity index (χ4n) is 4.11. The van der Waals surface area contributed by atoms with E-state index in [1.807, 2.05) is 0 Å². The summed E-state index contributed by atoms with van der Waals surface area (Å²) in [4.78, 5) is 2.54. The third-order valence-electron chi connectivity index (χ3n) is 5.17. The maximum atomic E-state index is 10.4. The summed E-state index contributed by atoms with van der Waals surface area (Å²) in [5.41, 5.74) is 0. The number of rotatable bonds is 2. The quantitative estimate of drug-likeness (QED) is 0.831. The van der Waals surface area contributed by atoms with Gasteiger partial charge in [0.05, 0.1) is 19.3 Å². The van der Waals surface area contributed by atoms with E-state index in [1.54, 1.807) is 0 Å². The number of nitrogens with zero attached hydrogens (tertiary/aromatic N) is 1. The number of piperidine rings is 1. The summed E-state index contributed by atoms with van der Waals surface area (Å²) >= 11 is 0. The second kappa shape index (κ2) is 5.68. The van der Waals surface area contributed by atoms with E-state index in [2.05, 4.69) is 11.8 Å². The van der Waals surface area contributed by atoms with Crippen LogP contribution in [-0.2, 0) is 9.47 Å². The van der Waals surface area contributed by atoms with E-state index < -0.39 is 0 Å². The SMILES string of the molecule is CCC1CCCCN1C1CC2(CCC1O)OCCO2. The molecule has 2 heterocycles. The number of hydrogen-bond donors (Lipinski definition) is 1. The molecule has 3 atom stereocenters. The fraction of sp³-hybridized carbons (Fsp3) is 1.00. The Morgan fingerprint density at radius 2 is 2.00 bits per heavy atom. The largest absolute Gasteiger partial charge is 0.391 e. The molecule has 110 valence electrons. The molecule has 1 spiro atoms. The van der Waals surface area contributed by atoms with Crippen molar-refractivity contribution in [1.82, 2.24) is 4.90 Å². The molecule has 0 aromatic rings. The number of ether oxygens (including phenoxy) is 2. The molecule has 3 rings (SSSR count). The number of aliphatic hydroxyl groups is 1. The van der Waals surface area contributed by atoms with E-state index in [9.17, 15) is 5.11 Å². The van der Waals surface area contributed by atoms with Crippen molar-refractivity contribution in [3.8, 4) is 0 Å². The summed E-state index contributed by atoms with van der Waals surface area (Å²) in [5, 5.41) is 10.4. The Labute approximate surface area is 116 Å². The lowest BCUT2D eigenvalue weighted by molar-refractivity contribution is -0.208. The predicted molar refractivity (Wildman–Crippen MR) is 72.9 cm³/mol. The molecule has 1 saturated carbocycles. The maximum Gasteiger partial charge on any atom is 0.170 e. The second-order valence-electron chi connectivity index (χ2n) is 6.28. The molecule has 2 aliphatic heterocycles. The predicted octanol–water partition coefficient (Wildman–Crippen LogP) is 1.91. The van der Waals surface area contributed by atoms with Gasteiger partial charge in [-0.15, -0.1) is 0 Å². The van der Waals surface area contributed by atoms with Crippen molar-refractivity contribution in [2.45, 2.75) is 75.8 Å². The zero-order chi connectivity index (χ0) is 13.3. The van der Waals surface area contributed by atoms with E-state index in [4.69, 9.17) is 9.47 Å². The van der Waals surface area contributed by atoms with Crippen LogP contribution in [-0.4, -0.2) is 53.7 Å². The lowest BCUT2D eigenvalue weighted by Gasteiger charge is -2.48. The van der Waals surface area contributed by atoms with Gasteiger partial charge in [0.1, 0.15) is 0 Å². The van der Waals surface area contributed by atoms with Gasteiger partial charge in [-0.05, 0) is 32.2 Å². The van der Waals surface area contributed by atoms with Crippen LogP contribution in [0.3, 0.4) is 0 Å². The Morgan fingerprint density at radius 1 is 1.21 bits per heavy atom. The maximum absolute atomic E-state index is 10.4. The normalized spacial score (nSPS) is 39.8. The van der Waals surface area contributed by atoms with Gasteiger partial charge in [-0.1, -0.05) is 13.3 Å². The van der Waals surface area contributed by atoms with Crippen LogP contribution in [0.4, 0.5) is 0 Å². The topological polar surface area (TPSA) is 41.9 Å². The summed E-state index contributed by atoms with van der Waals surface area (Å²) in [5.74, 6) is -0.389. The summed E-state index contributed by atoms with van der Waals surface area (Å²) < 4.78 is 11.7. The van der Waals surface area contributed by atoms with Crippen LogP contribution in [0.5, 0.6) is 0 Å². The van der Waals surface area contributed by atoms with Crippen molar-refractivity contribution >= 4 is 0 Å².